The highest BCUT2D eigenvalue weighted by atomic mass is 33.1. The molecule has 0 aromatic heterocycles. The van der Waals surface area contributed by atoms with Crippen LogP contribution in [-0.4, -0.2) is 4.75 Å². The maximum Gasteiger partial charge on any atom is 0.0352 e. The SMILES string of the molecule is CC(C)C12CCC1C=CSS2. The van der Waals surface area contributed by atoms with E-state index in [-0.39, 0.29) is 0 Å². The number of rotatable bonds is 1. The first-order valence-electron chi connectivity index (χ1n) is 4.27. The van der Waals surface area contributed by atoms with Crippen molar-refractivity contribution in [2.75, 3.05) is 0 Å². The van der Waals surface area contributed by atoms with Gasteiger partial charge in [0.15, 0.2) is 0 Å². The molecule has 0 radical (unpaired) electrons. The number of hydrogen-bond acceptors (Lipinski definition) is 2. The lowest BCUT2D eigenvalue weighted by Crippen LogP contribution is -2.47. The molecule has 1 heterocycles. The van der Waals surface area contributed by atoms with E-state index in [1.807, 2.05) is 10.8 Å². The van der Waals surface area contributed by atoms with Crippen molar-refractivity contribution in [3.63, 3.8) is 0 Å². The van der Waals surface area contributed by atoms with Crippen LogP contribution in [0.5, 0.6) is 0 Å². The number of hydrogen-bond donors (Lipinski definition) is 0. The van der Waals surface area contributed by atoms with Gasteiger partial charge >= 0.3 is 0 Å². The average Bonchev–Trinajstić information content (AvgIpc) is 1.91. The quantitative estimate of drug-likeness (QED) is 0.573. The lowest BCUT2D eigenvalue weighted by Gasteiger charge is -2.52. The molecule has 0 nitrogen and oxygen atoms in total. The van der Waals surface area contributed by atoms with Crippen molar-refractivity contribution in [1.29, 1.82) is 0 Å². The summed E-state index contributed by atoms with van der Waals surface area (Å²) >= 11 is 0. The van der Waals surface area contributed by atoms with Crippen LogP contribution in [0.15, 0.2) is 11.5 Å². The van der Waals surface area contributed by atoms with E-state index in [1.165, 1.54) is 12.8 Å². The molecule has 2 atom stereocenters. The summed E-state index contributed by atoms with van der Waals surface area (Å²) in [4.78, 5) is 0. The van der Waals surface area contributed by atoms with Crippen molar-refractivity contribution in [3.05, 3.63) is 11.5 Å². The molecule has 1 aliphatic carbocycles. The maximum atomic E-state index is 2.41. The molecule has 0 spiro atoms. The van der Waals surface area contributed by atoms with Gasteiger partial charge in [0.1, 0.15) is 0 Å². The van der Waals surface area contributed by atoms with Crippen molar-refractivity contribution >= 4 is 21.6 Å². The van der Waals surface area contributed by atoms with E-state index < -0.39 is 0 Å². The Morgan fingerprint density at radius 2 is 2.36 bits per heavy atom. The van der Waals surface area contributed by atoms with Gasteiger partial charge in [-0.05, 0) is 30.1 Å². The Hall–Kier alpha value is 0.440. The summed E-state index contributed by atoms with van der Waals surface area (Å²) in [5.74, 6) is 1.72. The molecule has 0 saturated heterocycles. The first-order chi connectivity index (χ1) is 5.26. The van der Waals surface area contributed by atoms with Gasteiger partial charge in [0.25, 0.3) is 0 Å². The van der Waals surface area contributed by atoms with Crippen LogP contribution in [0, 0.1) is 11.8 Å². The second kappa shape index (κ2) is 2.74. The van der Waals surface area contributed by atoms with E-state index in [2.05, 4.69) is 36.1 Å². The summed E-state index contributed by atoms with van der Waals surface area (Å²) in [5, 5.41) is 2.26. The van der Waals surface area contributed by atoms with Gasteiger partial charge in [0.2, 0.25) is 0 Å². The summed E-state index contributed by atoms with van der Waals surface area (Å²) in [6, 6.07) is 0. The van der Waals surface area contributed by atoms with E-state index in [4.69, 9.17) is 0 Å². The van der Waals surface area contributed by atoms with Gasteiger partial charge in [-0.25, -0.2) is 0 Å². The third-order valence-electron chi connectivity index (χ3n) is 3.02. The zero-order valence-electron chi connectivity index (χ0n) is 7.04. The zero-order chi connectivity index (χ0) is 7.90. The average molecular weight is 186 g/mol. The standard InChI is InChI=1S/C9H14S2/c1-7(2)9-5-3-8(9)4-6-10-11-9/h4,6-8H,3,5H2,1-2H3. The van der Waals surface area contributed by atoms with Crippen LogP contribution < -0.4 is 0 Å². The molecule has 2 rings (SSSR count). The van der Waals surface area contributed by atoms with Crippen molar-refractivity contribution in [2.45, 2.75) is 31.4 Å². The van der Waals surface area contributed by atoms with Crippen LogP contribution >= 0.6 is 21.6 Å². The Morgan fingerprint density at radius 3 is 2.73 bits per heavy atom. The monoisotopic (exact) mass is 186 g/mol. The van der Waals surface area contributed by atoms with Crippen LogP contribution in [0.4, 0.5) is 0 Å². The molecule has 2 unspecified atom stereocenters. The molecule has 1 saturated carbocycles. The number of fused-ring (bicyclic) bond motifs is 1. The predicted molar refractivity (Wildman–Crippen MR) is 54.6 cm³/mol. The summed E-state index contributed by atoms with van der Waals surface area (Å²) in [6.45, 7) is 4.72. The molecule has 11 heavy (non-hydrogen) atoms. The number of allylic oxidation sites excluding steroid dienone is 1. The summed E-state index contributed by atoms with van der Waals surface area (Å²) in [6.07, 6.45) is 5.25. The Balaban J connectivity index is 2.19. The highest BCUT2D eigenvalue weighted by Crippen LogP contribution is 2.60. The molecule has 1 fully saturated rings. The Labute approximate surface area is 76.6 Å². The van der Waals surface area contributed by atoms with Crippen LogP contribution in [0.25, 0.3) is 0 Å². The Kier molecular flexibility index (Phi) is 2.00. The van der Waals surface area contributed by atoms with E-state index in [1.54, 1.807) is 0 Å². The molecule has 0 aromatic rings. The van der Waals surface area contributed by atoms with Crippen molar-refractivity contribution < 1.29 is 0 Å². The van der Waals surface area contributed by atoms with Crippen molar-refractivity contribution in [3.8, 4) is 0 Å². The highest BCUT2D eigenvalue weighted by Gasteiger charge is 2.49. The van der Waals surface area contributed by atoms with E-state index in [0.29, 0.717) is 4.75 Å². The third-order valence-corrected chi connectivity index (χ3v) is 6.23. The zero-order valence-corrected chi connectivity index (χ0v) is 8.67. The minimum Gasteiger partial charge on any atom is -0.0818 e. The third kappa shape index (κ3) is 1.06. The molecule has 1 aliphatic heterocycles. The highest BCUT2D eigenvalue weighted by molar-refractivity contribution is 8.78. The summed E-state index contributed by atoms with van der Waals surface area (Å²) in [5.41, 5.74) is 0. The molecule has 0 bridgehead atoms. The molecule has 62 valence electrons. The lowest BCUT2D eigenvalue weighted by molar-refractivity contribution is 0.208. The summed E-state index contributed by atoms with van der Waals surface area (Å²) in [7, 11) is 4.02. The van der Waals surface area contributed by atoms with Gasteiger partial charge in [-0.1, -0.05) is 41.5 Å². The van der Waals surface area contributed by atoms with Crippen LogP contribution in [0.1, 0.15) is 26.7 Å². The second-order valence-corrected chi connectivity index (χ2v) is 6.23. The normalized spacial score (nSPS) is 41.9. The molecule has 0 aromatic carbocycles. The Morgan fingerprint density at radius 1 is 1.55 bits per heavy atom. The lowest BCUT2D eigenvalue weighted by atomic mass is 9.67. The van der Waals surface area contributed by atoms with E-state index >= 15 is 0 Å². The molecule has 2 heteroatoms. The smallest absolute Gasteiger partial charge is 0.0352 e. The van der Waals surface area contributed by atoms with Gasteiger partial charge in [-0.15, -0.1) is 0 Å². The van der Waals surface area contributed by atoms with Crippen LogP contribution in [0.3, 0.4) is 0 Å². The molecule has 0 N–H and O–H groups in total. The fourth-order valence-corrected chi connectivity index (χ4v) is 5.31. The van der Waals surface area contributed by atoms with Crippen LogP contribution in [-0.2, 0) is 0 Å². The van der Waals surface area contributed by atoms with Crippen LogP contribution in [0.2, 0.25) is 0 Å². The van der Waals surface area contributed by atoms with Crippen molar-refractivity contribution in [1.82, 2.24) is 0 Å². The molecule has 0 amide bonds. The topological polar surface area (TPSA) is 0 Å². The molecular weight excluding hydrogens is 172 g/mol. The fraction of sp³-hybridized carbons (Fsp3) is 0.778. The largest absolute Gasteiger partial charge is 0.0818 e. The predicted octanol–water partition coefficient (Wildman–Crippen LogP) is 3.70. The second-order valence-electron chi connectivity index (χ2n) is 3.76. The van der Waals surface area contributed by atoms with E-state index in [9.17, 15) is 0 Å². The van der Waals surface area contributed by atoms with Gasteiger partial charge in [0.05, 0.1) is 0 Å². The minimum atomic E-state index is 0.611. The van der Waals surface area contributed by atoms with Gasteiger partial charge in [-0.3, -0.25) is 0 Å². The molecule has 2 aliphatic rings. The summed E-state index contributed by atoms with van der Waals surface area (Å²) < 4.78 is 0.611. The van der Waals surface area contributed by atoms with Gasteiger partial charge in [0, 0.05) is 4.75 Å². The first kappa shape index (κ1) is 8.06. The van der Waals surface area contributed by atoms with E-state index in [0.717, 1.165) is 11.8 Å². The maximum absolute atomic E-state index is 2.41. The van der Waals surface area contributed by atoms with Gasteiger partial charge < -0.3 is 0 Å². The van der Waals surface area contributed by atoms with Crippen molar-refractivity contribution in [2.24, 2.45) is 11.8 Å². The fourth-order valence-electron chi connectivity index (χ4n) is 2.02. The van der Waals surface area contributed by atoms with Gasteiger partial charge in [-0.2, -0.15) is 0 Å². The Bertz CT molecular complexity index is 186. The molecular formula is C9H14S2. The first-order valence-corrected chi connectivity index (χ1v) is 6.48. The minimum absolute atomic E-state index is 0.611.